The Kier molecular flexibility index (Phi) is 7.23. The second-order valence-electron chi connectivity index (χ2n) is 8.01. The van der Waals surface area contributed by atoms with Gasteiger partial charge in [0.1, 0.15) is 0 Å². The van der Waals surface area contributed by atoms with Gasteiger partial charge >= 0.3 is 5.97 Å². The zero-order chi connectivity index (χ0) is 19.3. The van der Waals surface area contributed by atoms with Crippen molar-refractivity contribution in [2.45, 2.75) is 85.2 Å². The summed E-state index contributed by atoms with van der Waals surface area (Å²) < 4.78 is 1.97. The molecule has 0 bridgehead atoms. The fourth-order valence-electron chi connectivity index (χ4n) is 3.88. The molecule has 2 atom stereocenters. The highest BCUT2D eigenvalue weighted by atomic mass is 16.4. The Morgan fingerprint density at radius 1 is 1.19 bits per heavy atom. The molecule has 0 spiro atoms. The lowest BCUT2D eigenvalue weighted by atomic mass is 9.86. The van der Waals surface area contributed by atoms with Crippen LogP contribution in [0.2, 0.25) is 0 Å². The van der Waals surface area contributed by atoms with Gasteiger partial charge in [0.2, 0.25) is 5.91 Å². The van der Waals surface area contributed by atoms with Gasteiger partial charge in [-0.25, -0.2) is 0 Å². The minimum atomic E-state index is -0.797. The quantitative estimate of drug-likeness (QED) is 0.813. The Morgan fingerprint density at radius 2 is 1.85 bits per heavy atom. The topological polar surface area (TPSA) is 84.2 Å². The summed E-state index contributed by atoms with van der Waals surface area (Å²) in [4.78, 5) is 24.3. The lowest BCUT2D eigenvalue weighted by Gasteiger charge is -2.27. The van der Waals surface area contributed by atoms with E-state index in [9.17, 15) is 14.7 Å². The number of aliphatic carboxylic acids is 1. The van der Waals surface area contributed by atoms with Crippen LogP contribution in [0.15, 0.2) is 0 Å². The molecule has 1 aromatic heterocycles. The summed E-state index contributed by atoms with van der Waals surface area (Å²) >= 11 is 0. The van der Waals surface area contributed by atoms with Crippen molar-refractivity contribution in [1.82, 2.24) is 15.1 Å². The second-order valence-corrected chi connectivity index (χ2v) is 8.01. The summed E-state index contributed by atoms with van der Waals surface area (Å²) in [5.41, 5.74) is 2.87. The van der Waals surface area contributed by atoms with Gasteiger partial charge in [0.25, 0.3) is 0 Å². The summed E-state index contributed by atoms with van der Waals surface area (Å²) in [5, 5.41) is 17.1. The predicted molar refractivity (Wildman–Crippen MR) is 101 cm³/mol. The van der Waals surface area contributed by atoms with Crippen LogP contribution in [0.4, 0.5) is 0 Å². The number of hydrogen-bond acceptors (Lipinski definition) is 3. The molecule has 0 aliphatic heterocycles. The lowest BCUT2D eigenvalue weighted by molar-refractivity contribution is -0.143. The smallest absolute Gasteiger partial charge is 0.308 e. The molecule has 26 heavy (non-hydrogen) atoms. The first-order valence-corrected chi connectivity index (χ1v) is 9.84. The van der Waals surface area contributed by atoms with Crippen molar-refractivity contribution in [2.75, 3.05) is 0 Å². The minimum Gasteiger partial charge on any atom is -0.481 e. The van der Waals surface area contributed by atoms with E-state index in [1.165, 1.54) is 0 Å². The number of carboxylic acids is 1. The van der Waals surface area contributed by atoms with Gasteiger partial charge in [0.05, 0.1) is 18.0 Å². The molecule has 146 valence electrons. The fraction of sp³-hybridized carbons (Fsp3) is 0.750. The Hall–Kier alpha value is -1.85. The third kappa shape index (κ3) is 5.32. The molecule has 1 aliphatic carbocycles. The van der Waals surface area contributed by atoms with Crippen molar-refractivity contribution >= 4 is 11.9 Å². The number of rotatable bonds is 6. The number of amides is 1. The van der Waals surface area contributed by atoms with Gasteiger partial charge in [-0.15, -0.1) is 0 Å². The van der Waals surface area contributed by atoms with Crippen molar-refractivity contribution in [3.8, 4) is 0 Å². The van der Waals surface area contributed by atoms with Gasteiger partial charge in [0, 0.05) is 23.8 Å². The molecule has 1 heterocycles. The number of nitrogens with zero attached hydrogens (tertiary/aromatic N) is 2. The molecule has 1 saturated carbocycles. The van der Waals surface area contributed by atoms with E-state index in [-0.39, 0.29) is 18.4 Å². The van der Waals surface area contributed by atoms with Crippen LogP contribution < -0.4 is 5.32 Å². The molecule has 6 heteroatoms. The zero-order valence-corrected chi connectivity index (χ0v) is 16.5. The van der Waals surface area contributed by atoms with Crippen LogP contribution in [-0.2, 0) is 22.6 Å². The number of aromatic nitrogens is 2. The van der Waals surface area contributed by atoms with Crippen LogP contribution >= 0.6 is 0 Å². The van der Waals surface area contributed by atoms with E-state index in [0.717, 1.165) is 55.6 Å². The van der Waals surface area contributed by atoms with Gasteiger partial charge in [0.15, 0.2) is 0 Å². The maximum atomic E-state index is 12.6. The van der Waals surface area contributed by atoms with Gasteiger partial charge in [-0.2, -0.15) is 5.10 Å². The SMILES string of the molecule is Cc1nn(CC(C)C)c(C)c1CC(=O)NC1CCCCCCC1C(=O)O. The van der Waals surface area contributed by atoms with E-state index in [0.29, 0.717) is 12.3 Å². The maximum absolute atomic E-state index is 12.6. The number of aryl methyl sites for hydroxylation is 1. The number of carbonyl (C=O) groups excluding carboxylic acids is 1. The largest absolute Gasteiger partial charge is 0.481 e. The molecule has 6 nitrogen and oxygen atoms in total. The number of carbonyl (C=O) groups is 2. The van der Waals surface area contributed by atoms with Crippen LogP contribution in [-0.4, -0.2) is 32.8 Å². The Labute approximate surface area is 156 Å². The van der Waals surface area contributed by atoms with Gasteiger partial charge in [-0.05, 0) is 32.6 Å². The average Bonchev–Trinajstić information content (AvgIpc) is 2.76. The van der Waals surface area contributed by atoms with Crippen molar-refractivity contribution in [3.63, 3.8) is 0 Å². The van der Waals surface area contributed by atoms with E-state index in [2.05, 4.69) is 24.3 Å². The molecule has 1 aromatic rings. The van der Waals surface area contributed by atoms with Gasteiger partial charge in [-0.3, -0.25) is 14.3 Å². The van der Waals surface area contributed by atoms with Crippen LogP contribution in [0.1, 0.15) is 69.3 Å². The van der Waals surface area contributed by atoms with Crippen molar-refractivity contribution < 1.29 is 14.7 Å². The molecular formula is C20H33N3O3. The highest BCUT2D eigenvalue weighted by Crippen LogP contribution is 2.24. The van der Waals surface area contributed by atoms with Gasteiger partial charge in [-0.1, -0.05) is 39.5 Å². The lowest BCUT2D eigenvalue weighted by Crippen LogP contribution is -2.44. The van der Waals surface area contributed by atoms with E-state index >= 15 is 0 Å². The van der Waals surface area contributed by atoms with E-state index in [1.807, 2.05) is 18.5 Å². The normalized spacial score (nSPS) is 21.3. The number of nitrogens with one attached hydrogen (secondary N) is 1. The van der Waals surface area contributed by atoms with Crippen molar-refractivity contribution in [1.29, 1.82) is 0 Å². The first-order valence-electron chi connectivity index (χ1n) is 9.84. The third-order valence-electron chi connectivity index (χ3n) is 5.34. The molecular weight excluding hydrogens is 330 g/mol. The molecule has 1 fully saturated rings. The molecule has 2 N–H and O–H groups in total. The molecule has 2 rings (SSSR count). The number of hydrogen-bond donors (Lipinski definition) is 2. The average molecular weight is 364 g/mol. The number of carboxylic acid groups (broad SMARTS) is 1. The van der Waals surface area contributed by atoms with E-state index in [1.54, 1.807) is 0 Å². The summed E-state index contributed by atoms with van der Waals surface area (Å²) in [6, 6.07) is -0.272. The van der Waals surface area contributed by atoms with Gasteiger partial charge < -0.3 is 10.4 Å². The summed E-state index contributed by atoms with van der Waals surface area (Å²) in [6.45, 7) is 9.05. The van der Waals surface area contributed by atoms with Crippen molar-refractivity contribution in [3.05, 3.63) is 17.0 Å². The van der Waals surface area contributed by atoms with Crippen LogP contribution in [0.3, 0.4) is 0 Å². The highest BCUT2D eigenvalue weighted by Gasteiger charge is 2.30. The van der Waals surface area contributed by atoms with Crippen LogP contribution in [0.25, 0.3) is 0 Å². The Morgan fingerprint density at radius 3 is 2.46 bits per heavy atom. The minimum absolute atomic E-state index is 0.0999. The highest BCUT2D eigenvalue weighted by molar-refractivity contribution is 5.80. The van der Waals surface area contributed by atoms with Crippen LogP contribution in [0, 0.1) is 25.7 Å². The first kappa shape index (κ1) is 20.5. The second kappa shape index (κ2) is 9.19. The fourth-order valence-corrected chi connectivity index (χ4v) is 3.88. The summed E-state index contributed by atoms with van der Waals surface area (Å²) in [5.74, 6) is -0.891. The molecule has 1 aliphatic rings. The van der Waals surface area contributed by atoms with E-state index in [4.69, 9.17) is 0 Å². The van der Waals surface area contributed by atoms with Crippen LogP contribution in [0.5, 0.6) is 0 Å². The zero-order valence-electron chi connectivity index (χ0n) is 16.5. The predicted octanol–water partition coefficient (Wildman–Crippen LogP) is 3.24. The maximum Gasteiger partial charge on any atom is 0.308 e. The Balaban J connectivity index is 2.07. The molecule has 2 unspecified atom stereocenters. The molecule has 0 aromatic carbocycles. The standard InChI is InChI=1S/C20H33N3O3/c1-13(2)12-23-15(4)17(14(3)22-23)11-19(24)21-18-10-8-6-5-7-9-16(18)20(25)26/h13,16,18H,5-12H2,1-4H3,(H,21,24)(H,25,26). The first-order chi connectivity index (χ1) is 12.3. The van der Waals surface area contributed by atoms with Crippen molar-refractivity contribution in [2.24, 2.45) is 11.8 Å². The summed E-state index contributed by atoms with van der Waals surface area (Å²) in [6.07, 6.45) is 5.73. The van der Waals surface area contributed by atoms with E-state index < -0.39 is 11.9 Å². The Bertz CT molecular complexity index is 636. The molecule has 1 amide bonds. The molecule has 0 radical (unpaired) electrons. The third-order valence-corrected chi connectivity index (χ3v) is 5.34. The molecule has 0 saturated heterocycles. The summed E-state index contributed by atoms with van der Waals surface area (Å²) in [7, 11) is 0. The monoisotopic (exact) mass is 363 g/mol.